The number of benzene rings is 2. The van der Waals surface area contributed by atoms with Crippen LogP contribution in [0, 0.1) is 5.92 Å². The molecule has 0 spiro atoms. The van der Waals surface area contributed by atoms with Gasteiger partial charge in [0.2, 0.25) is 5.91 Å². The van der Waals surface area contributed by atoms with Crippen LogP contribution >= 0.6 is 0 Å². The summed E-state index contributed by atoms with van der Waals surface area (Å²) in [4.78, 5) is 25.9. The van der Waals surface area contributed by atoms with Crippen molar-refractivity contribution in [2.75, 3.05) is 10.7 Å². The molecule has 1 fully saturated rings. The highest BCUT2D eigenvalue weighted by atomic mass is 32.2. The number of Topliss-reactive ketones (excluding diaryl/α,β-unsaturated/α-hetero) is 1. The SMILES string of the molecule is CC(=O)C[C@H]1CS(=O)(=O)[C@@H](c2ccccc2)N(c2ccccc2)C1=O. The minimum atomic E-state index is -3.65. The third-order valence-electron chi connectivity index (χ3n) is 4.25. The van der Waals surface area contributed by atoms with Crippen LogP contribution in [0.4, 0.5) is 5.69 Å². The molecule has 1 aliphatic rings. The van der Waals surface area contributed by atoms with Gasteiger partial charge >= 0.3 is 0 Å². The third-order valence-corrected chi connectivity index (χ3v) is 6.28. The average Bonchev–Trinajstić information content (AvgIpc) is 2.58. The van der Waals surface area contributed by atoms with Crippen molar-refractivity contribution in [1.82, 2.24) is 0 Å². The summed E-state index contributed by atoms with van der Waals surface area (Å²) in [6.07, 6.45) is -0.0666. The van der Waals surface area contributed by atoms with Crippen molar-refractivity contribution < 1.29 is 18.0 Å². The molecule has 25 heavy (non-hydrogen) atoms. The second-order valence-corrected chi connectivity index (χ2v) is 8.34. The molecule has 2 aromatic carbocycles. The Bertz CT molecular complexity index is 878. The van der Waals surface area contributed by atoms with Gasteiger partial charge in [0.05, 0.1) is 11.7 Å². The van der Waals surface area contributed by atoms with E-state index in [4.69, 9.17) is 0 Å². The maximum Gasteiger partial charge on any atom is 0.232 e. The number of carbonyl (C=O) groups is 2. The van der Waals surface area contributed by atoms with E-state index in [-0.39, 0.29) is 23.9 Å². The van der Waals surface area contributed by atoms with Crippen molar-refractivity contribution in [2.24, 2.45) is 5.92 Å². The van der Waals surface area contributed by atoms with Crippen LogP contribution in [0.25, 0.3) is 0 Å². The van der Waals surface area contributed by atoms with Gasteiger partial charge in [-0.1, -0.05) is 48.5 Å². The second kappa shape index (κ2) is 6.80. The summed E-state index contributed by atoms with van der Waals surface area (Å²) in [7, 11) is -3.65. The summed E-state index contributed by atoms with van der Waals surface area (Å²) in [5.74, 6) is -1.68. The predicted octanol–water partition coefficient (Wildman–Crippen LogP) is 2.74. The molecule has 2 atom stereocenters. The number of nitrogens with zero attached hydrogens (tertiary/aromatic N) is 1. The van der Waals surface area contributed by atoms with Gasteiger partial charge in [0.25, 0.3) is 0 Å². The van der Waals surface area contributed by atoms with Crippen molar-refractivity contribution in [1.29, 1.82) is 0 Å². The Labute approximate surface area is 147 Å². The van der Waals surface area contributed by atoms with E-state index < -0.39 is 21.1 Å². The van der Waals surface area contributed by atoms with E-state index in [1.54, 1.807) is 60.7 Å². The highest BCUT2D eigenvalue weighted by Crippen LogP contribution is 2.38. The fourth-order valence-corrected chi connectivity index (χ4v) is 5.36. The molecule has 0 N–H and O–H groups in total. The number of rotatable bonds is 4. The molecule has 0 saturated carbocycles. The number of sulfone groups is 1. The Morgan fingerprint density at radius 3 is 2.16 bits per heavy atom. The topological polar surface area (TPSA) is 71.5 Å². The Hall–Kier alpha value is -2.47. The molecule has 3 rings (SSSR count). The van der Waals surface area contributed by atoms with Crippen molar-refractivity contribution >= 4 is 27.2 Å². The first-order chi connectivity index (χ1) is 11.9. The van der Waals surface area contributed by atoms with Gasteiger partial charge in [0.1, 0.15) is 5.78 Å². The molecule has 0 aromatic heterocycles. The summed E-state index contributed by atoms with van der Waals surface area (Å²) in [6.45, 7) is 1.37. The van der Waals surface area contributed by atoms with E-state index in [1.165, 1.54) is 11.8 Å². The number of hydrogen-bond acceptors (Lipinski definition) is 4. The lowest BCUT2D eigenvalue weighted by molar-refractivity contribution is -0.126. The summed E-state index contributed by atoms with van der Waals surface area (Å²) in [6, 6.07) is 17.4. The fraction of sp³-hybridized carbons (Fsp3) is 0.263. The van der Waals surface area contributed by atoms with E-state index >= 15 is 0 Å². The lowest BCUT2D eigenvalue weighted by Crippen LogP contribution is -2.51. The zero-order valence-electron chi connectivity index (χ0n) is 13.8. The number of anilines is 1. The van der Waals surface area contributed by atoms with Crippen LogP contribution in [0.2, 0.25) is 0 Å². The molecule has 0 unspecified atom stereocenters. The van der Waals surface area contributed by atoms with Gasteiger partial charge in [-0.3, -0.25) is 9.69 Å². The van der Waals surface area contributed by atoms with Crippen molar-refractivity contribution in [3.63, 3.8) is 0 Å². The monoisotopic (exact) mass is 357 g/mol. The molecule has 0 bridgehead atoms. The standard InChI is InChI=1S/C19H19NO4S/c1-14(21)12-16-13-25(23,24)19(15-8-4-2-5-9-15)20(18(16)22)17-10-6-3-7-11-17/h2-11,16,19H,12-13H2,1H3/t16-,19-/m0/s1. The molecule has 1 amide bonds. The van der Waals surface area contributed by atoms with E-state index in [2.05, 4.69) is 0 Å². The van der Waals surface area contributed by atoms with Crippen molar-refractivity contribution in [2.45, 2.75) is 18.7 Å². The highest BCUT2D eigenvalue weighted by molar-refractivity contribution is 7.91. The van der Waals surface area contributed by atoms with Gasteiger partial charge in [-0.2, -0.15) is 0 Å². The van der Waals surface area contributed by atoms with Crippen LogP contribution in [0.5, 0.6) is 0 Å². The minimum absolute atomic E-state index is 0.0666. The Kier molecular flexibility index (Phi) is 4.72. The van der Waals surface area contributed by atoms with E-state index in [0.717, 1.165) is 0 Å². The molecule has 1 saturated heterocycles. The van der Waals surface area contributed by atoms with Crippen LogP contribution in [0.1, 0.15) is 24.3 Å². The maximum absolute atomic E-state index is 13.0. The molecule has 130 valence electrons. The molecule has 5 nitrogen and oxygen atoms in total. The molecule has 0 radical (unpaired) electrons. The second-order valence-electron chi connectivity index (χ2n) is 6.24. The maximum atomic E-state index is 13.0. The smallest absolute Gasteiger partial charge is 0.232 e. The van der Waals surface area contributed by atoms with Crippen LogP contribution in [0.15, 0.2) is 60.7 Å². The zero-order chi connectivity index (χ0) is 18.0. The van der Waals surface area contributed by atoms with Crippen molar-refractivity contribution in [3.05, 3.63) is 66.2 Å². The molecule has 0 aliphatic carbocycles. The number of amides is 1. The number of para-hydroxylation sites is 1. The number of carbonyl (C=O) groups excluding carboxylic acids is 2. The number of ketones is 1. The van der Waals surface area contributed by atoms with Gasteiger partial charge in [0, 0.05) is 12.1 Å². The molecule has 1 heterocycles. The van der Waals surface area contributed by atoms with Crippen LogP contribution < -0.4 is 4.90 Å². The van der Waals surface area contributed by atoms with Crippen LogP contribution in [-0.4, -0.2) is 25.9 Å². The van der Waals surface area contributed by atoms with Gasteiger partial charge in [-0.25, -0.2) is 8.42 Å². The largest absolute Gasteiger partial charge is 0.300 e. The summed E-state index contributed by atoms with van der Waals surface area (Å²) >= 11 is 0. The molecular formula is C19H19NO4S. The van der Waals surface area contributed by atoms with E-state index in [9.17, 15) is 18.0 Å². The minimum Gasteiger partial charge on any atom is -0.300 e. The van der Waals surface area contributed by atoms with Crippen molar-refractivity contribution in [3.8, 4) is 0 Å². The first-order valence-corrected chi connectivity index (χ1v) is 9.76. The molecule has 2 aromatic rings. The molecular weight excluding hydrogens is 338 g/mol. The van der Waals surface area contributed by atoms with Crippen LogP contribution in [-0.2, 0) is 19.4 Å². The summed E-state index contributed by atoms with van der Waals surface area (Å²) in [5.41, 5.74) is 1.05. The lowest BCUT2D eigenvalue weighted by atomic mass is 10.0. The van der Waals surface area contributed by atoms with Crippen LogP contribution in [0.3, 0.4) is 0 Å². The average molecular weight is 357 g/mol. The molecule has 6 heteroatoms. The Balaban J connectivity index is 2.14. The highest BCUT2D eigenvalue weighted by Gasteiger charge is 2.46. The van der Waals surface area contributed by atoms with Gasteiger partial charge < -0.3 is 4.79 Å². The third kappa shape index (κ3) is 3.49. The fourth-order valence-electron chi connectivity index (χ4n) is 3.23. The van der Waals surface area contributed by atoms with Gasteiger partial charge in [0.15, 0.2) is 15.2 Å². The first kappa shape index (κ1) is 17.4. The summed E-state index contributed by atoms with van der Waals surface area (Å²) in [5, 5.41) is -1.08. The number of hydrogen-bond donors (Lipinski definition) is 0. The van der Waals surface area contributed by atoms with Gasteiger partial charge in [-0.05, 0) is 24.6 Å². The molecule has 1 aliphatic heterocycles. The zero-order valence-corrected chi connectivity index (χ0v) is 14.6. The van der Waals surface area contributed by atoms with E-state index in [1.807, 2.05) is 0 Å². The van der Waals surface area contributed by atoms with Gasteiger partial charge in [-0.15, -0.1) is 0 Å². The summed E-state index contributed by atoms with van der Waals surface area (Å²) < 4.78 is 26.0. The normalized spacial score (nSPS) is 22.6. The first-order valence-electron chi connectivity index (χ1n) is 8.04. The Morgan fingerprint density at radius 2 is 1.60 bits per heavy atom. The lowest BCUT2D eigenvalue weighted by Gasteiger charge is -2.39. The van der Waals surface area contributed by atoms with E-state index in [0.29, 0.717) is 11.3 Å². The Morgan fingerprint density at radius 1 is 1.04 bits per heavy atom. The quantitative estimate of drug-likeness (QED) is 0.843. The predicted molar refractivity (Wildman–Crippen MR) is 95.7 cm³/mol.